The molecule has 238 valence electrons. The zero-order chi connectivity index (χ0) is 31.3. The van der Waals surface area contributed by atoms with Gasteiger partial charge in [-0.25, -0.2) is 9.78 Å². The van der Waals surface area contributed by atoms with Gasteiger partial charge in [0.25, 0.3) is 5.56 Å². The Kier molecular flexibility index (Phi) is 9.37. The van der Waals surface area contributed by atoms with E-state index in [0.717, 1.165) is 74.1 Å². The molecule has 0 radical (unpaired) electrons. The first kappa shape index (κ1) is 30.7. The van der Waals surface area contributed by atoms with Gasteiger partial charge in [-0.3, -0.25) is 9.48 Å². The van der Waals surface area contributed by atoms with Crippen molar-refractivity contribution in [2.75, 3.05) is 31.1 Å². The number of ether oxygens (including phenoxy) is 2. The Morgan fingerprint density at radius 1 is 1.02 bits per heavy atom. The lowest BCUT2D eigenvalue weighted by Gasteiger charge is -2.38. The van der Waals surface area contributed by atoms with Gasteiger partial charge in [-0.15, -0.1) is 0 Å². The van der Waals surface area contributed by atoms with Crippen LogP contribution < -0.4 is 15.2 Å². The summed E-state index contributed by atoms with van der Waals surface area (Å²) in [6.45, 7) is 8.86. The molecule has 2 fully saturated rings. The van der Waals surface area contributed by atoms with Gasteiger partial charge in [0.15, 0.2) is 5.52 Å². The average Bonchev–Trinajstić information content (AvgIpc) is 3.42. The monoisotopic (exact) mass is 612 g/mol. The van der Waals surface area contributed by atoms with Crippen LogP contribution in [-0.2, 0) is 11.3 Å². The molecule has 10 nitrogen and oxygen atoms in total. The Morgan fingerprint density at radius 3 is 2.49 bits per heavy atom. The van der Waals surface area contributed by atoms with E-state index in [1.165, 1.54) is 6.42 Å². The summed E-state index contributed by atoms with van der Waals surface area (Å²) in [7, 11) is 0. The molecule has 1 aliphatic carbocycles. The lowest BCUT2D eigenvalue weighted by Crippen LogP contribution is -2.47. The minimum absolute atomic E-state index is 0.124. The second-order valence-corrected chi connectivity index (χ2v) is 12.1. The van der Waals surface area contributed by atoms with Crippen molar-refractivity contribution < 1.29 is 14.3 Å². The minimum Gasteiger partial charge on any atom is -0.493 e. The summed E-state index contributed by atoms with van der Waals surface area (Å²) in [4.78, 5) is 38.5. The van der Waals surface area contributed by atoms with E-state index >= 15 is 0 Å². The second kappa shape index (κ2) is 13.7. The van der Waals surface area contributed by atoms with E-state index in [-0.39, 0.29) is 30.3 Å². The summed E-state index contributed by atoms with van der Waals surface area (Å²) >= 11 is 0. The van der Waals surface area contributed by atoms with Crippen LogP contribution in [0.5, 0.6) is 5.75 Å². The molecular formula is C35H44N6O4. The number of carbonyl (C=O) groups excluding carboxylic acids is 1. The van der Waals surface area contributed by atoms with E-state index in [1.807, 2.05) is 72.8 Å². The molecule has 1 amide bonds. The van der Waals surface area contributed by atoms with Crippen LogP contribution in [0.3, 0.4) is 0 Å². The summed E-state index contributed by atoms with van der Waals surface area (Å²) in [5, 5.41) is 4.77. The Labute approximate surface area is 264 Å². The number of fused-ring (bicyclic) bond motifs is 1. The molecule has 4 aromatic rings. The molecule has 2 aliphatic rings. The molecular weight excluding hydrogens is 568 g/mol. The van der Waals surface area contributed by atoms with Crippen LogP contribution in [0.25, 0.3) is 22.4 Å². The van der Waals surface area contributed by atoms with Crippen molar-refractivity contribution in [2.24, 2.45) is 0 Å². The predicted molar refractivity (Wildman–Crippen MR) is 176 cm³/mol. The lowest BCUT2D eigenvalue weighted by atomic mass is 9.95. The highest BCUT2D eigenvalue weighted by Gasteiger charge is 2.29. The van der Waals surface area contributed by atoms with Crippen LogP contribution in [0.2, 0.25) is 0 Å². The van der Waals surface area contributed by atoms with E-state index in [4.69, 9.17) is 19.6 Å². The quantitative estimate of drug-likeness (QED) is 0.226. The molecule has 0 bridgehead atoms. The third-order valence-electron chi connectivity index (χ3n) is 9.22. The van der Waals surface area contributed by atoms with Gasteiger partial charge in [0.2, 0.25) is 0 Å². The third-order valence-corrected chi connectivity index (χ3v) is 9.22. The number of nitrogens with zero attached hydrogens (tertiary/aromatic N) is 5. The molecule has 0 unspecified atom stereocenters. The fourth-order valence-corrected chi connectivity index (χ4v) is 6.86. The number of rotatable bonds is 9. The third kappa shape index (κ3) is 6.55. The highest BCUT2D eigenvalue weighted by molar-refractivity contribution is 5.80. The van der Waals surface area contributed by atoms with Gasteiger partial charge in [-0.2, -0.15) is 5.10 Å². The van der Waals surface area contributed by atoms with E-state index in [2.05, 4.69) is 16.0 Å². The number of hydrogen-bond acceptors (Lipinski definition) is 7. The largest absolute Gasteiger partial charge is 0.493 e. The van der Waals surface area contributed by atoms with Crippen LogP contribution in [0.1, 0.15) is 76.1 Å². The number of piperidine rings is 1. The van der Waals surface area contributed by atoms with Crippen LogP contribution in [0, 0.1) is 6.92 Å². The second-order valence-electron chi connectivity index (χ2n) is 12.1. The molecule has 1 N–H and O–H groups in total. The van der Waals surface area contributed by atoms with Gasteiger partial charge >= 0.3 is 6.09 Å². The van der Waals surface area contributed by atoms with Gasteiger partial charge in [0.05, 0.1) is 23.9 Å². The predicted octanol–water partition coefficient (Wildman–Crippen LogP) is 6.63. The summed E-state index contributed by atoms with van der Waals surface area (Å²) < 4.78 is 13.7. The minimum atomic E-state index is -0.263. The van der Waals surface area contributed by atoms with Crippen LogP contribution in [0.15, 0.2) is 53.3 Å². The van der Waals surface area contributed by atoms with Crippen molar-refractivity contribution in [3.8, 4) is 17.1 Å². The molecule has 0 spiro atoms. The standard InChI is InChI=1S/C35H44N6O4/c1-4-40(35(43)45-23-25-12-8-6-9-13-25)26-18-20-39(21-19-26)28-16-17-29(30(22-28)44-5-2)33-36-31-24(3)38-41(32(31)34(42)37-33)27-14-10-7-11-15-27/h6,8-9,12-13,16-17,22,26-27H,4-5,7,10-11,14-15,18-21,23H2,1-3H3,(H,36,37,42). The number of aryl methyl sites for hydroxylation is 1. The van der Waals surface area contributed by atoms with Crippen LogP contribution in [0.4, 0.5) is 10.5 Å². The lowest BCUT2D eigenvalue weighted by molar-refractivity contribution is 0.0773. The molecule has 1 aliphatic heterocycles. The smallest absolute Gasteiger partial charge is 0.410 e. The number of aromatic amines is 1. The van der Waals surface area contributed by atoms with Gasteiger partial charge in [0.1, 0.15) is 23.7 Å². The molecule has 6 rings (SSSR count). The van der Waals surface area contributed by atoms with Gasteiger partial charge in [-0.1, -0.05) is 49.6 Å². The highest BCUT2D eigenvalue weighted by atomic mass is 16.6. The number of anilines is 1. The fourth-order valence-electron chi connectivity index (χ4n) is 6.86. The number of carbonyl (C=O) groups is 1. The summed E-state index contributed by atoms with van der Waals surface area (Å²) in [5.41, 5.74) is 4.58. The molecule has 2 aromatic heterocycles. The maximum atomic E-state index is 13.5. The first-order valence-electron chi connectivity index (χ1n) is 16.5. The Balaban J connectivity index is 1.17. The van der Waals surface area contributed by atoms with Gasteiger partial charge in [0, 0.05) is 37.4 Å². The number of nitrogens with one attached hydrogen (secondary N) is 1. The maximum absolute atomic E-state index is 13.5. The molecule has 1 saturated heterocycles. The Bertz CT molecular complexity index is 1670. The van der Waals surface area contributed by atoms with Crippen molar-refractivity contribution in [1.82, 2.24) is 24.6 Å². The Hall–Kier alpha value is -4.34. The number of benzene rings is 2. The zero-order valence-electron chi connectivity index (χ0n) is 26.6. The summed E-state index contributed by atoms with van der Waals surface area (Å²) in [5.74, 6) is 1.16. The van der Waals surface area contributed by atoms with Gasteiger partial charge in [-0.05, 0) is 64.2 Å². The first-order chi connectivity index (χ1) is 22.0. The number of hydrogen-bond donors (Lipinski definition) is 1. The van der Waals surface area contributed by atoms with Crippen molar-refractivity contribution in [3.63, 3.8) is 0 Å². The van der Waals surface area contributed by atoms with Crippen LogP contribution >= 0.6 is 0 Å². The van der Waals surface area contributed by atoms with Crippen LogP contribution in [-0.4, -0.2) is 63.0 Å². The SMILES string of the molecule is CCOc1cc(N2CCC(N(CC)C(=O)OCc3ccccc3)CC2)ccc1-c1nc2c(C)nn(C3CCCCC3)c2c(=O)[nH]1. The average molecular weight is 613 g/mol. The summed E-state index contributed by atoms with van der Waals surface area (Å²) in [6, 6.07) is 16.2. The molecule has 0 atom stereocenters. The van der Waals surface area contributed by atoms with Crippen molar-refractivity contribution in [3.05, 3.63) is 70.1 Å². The molecule has 45 heavy (non-hydrogen) atoms. The topological polar surface area (TPSA) is 106 Å². The van der Waals surface area contributed by atoms with E-state index < -0.39 is 0 Å². The maximum Gasteiger partial charge on any atom is 0.410 e. The highest BCUT2D eigenvalue weighted by Crippen LogP contribution is 2.35. The first-order valence-corrected chi connectivity index (χ1v) is 16.5. The van der Waals surface area contributed by atoms with Crippen molar-refractivity contribution in [1.29, 1.82) is 0 Å². The summed E-state index contributed by atoms with van der Waals surface area (Å²) in [6.07, 6.45) is 7.07. The molecule has 2 aromatic carbocycles. The molecule has 10 heteroatoms. The van der Waals surface area contributed by atoms with E-state index in [0.29, 0.717) is 35.8 Å². The molecule has 1 saturated carbocycles. The van der Waals surface area contributed by atoms with Crippen molar-refractivity contribution in [2.45, 2.75) is 84.4 Å². The fraction of sp³-hybridized carbons (Fsp3) is 0.486. The van der Waals surface area contributed by atoms with Crippen molar-refractivity contribution >= 4 is 22.8 Å². The van der Waals surface area contributed by atoms with E-state index in [1.54, 1.807) is 0 Å². The number of H-pyrrole nitrogens is 1. The van der Waals surface area contributed by atoms with E-state index in [9.17, 15) is 9.59 Å². The Morgan fingerprint density at radius 2 is 1.78 bits per heavy atom. The zero-order valence-corrected chi connectivity index (χ0v) is 26.6. The number of aromatic nitrogens is 4. The van der Waals surface area contributed by atoms with Gasteiger partial charge < -0.3 is 24.3 Å². The number of amides is 1. The molecule has 3 heterocycles. The normalized spacial score (nSPS) is 16.2.